The van der Waals surface area contributed by atoms with Crippen molar-refractivity contribution in [3.05, 3.63) is 0 Å². The van der Waals surface area contributed by atoms with Gasteiger partial charge >= 0.3 is 6.18 Å². The van der Waals surface area contributed by atoms with E-state index in [9.17, 15) is 13.2 Å². The molecule has 0 saturated carbocycles. The summed E-state index contributed by atoms with van der Waals surface area (Å²) in [7, 11) is 0. The maximum absolute atomic E-state index is 11.9. The van der Waals surface area contributed by atoms with E-state index in [4.69, 9.17) is 15.3 Å². The Balaban J connectivity index is 2.71. The lowest BCUT2D eigenvalue weighted by molar-refractivity contribution is -0.248. The van der Waals surface area contributed by atoms with E-state index in [1.54, 1.807) is 0 Å². The quantitative estimate of drug-likeness (QED) is 0.455. The van der Waals surface area contributed by atoms with Gasteiger partial charge in [-0.25, -0.2) is 0 Å². The highest BCUT2D eigenvalue weighted by Crippen LogP contribution is 2.32. The lowest BCUT2D eigenvalue weighted by Gasteiger charge is -2.16. The molecular weight excluding hydrogens is 181 g/mol. The monoisotopic (exact) mass is 188 g/mol. The first-order valence-corrected chi connectivity index (χ1v) is 3.10. The minimum absolute atomic E-state index is 1.91. The molecule has 0 aromatic heterocycles. The fraction of sp³-hybridized carbons (Fsp3) is 1.00. The van der Waals surface area contributed by atoms with E-state index >= 15 is 0 Å². The summed E-state index contributed by atoms with van der Waals surface area (Å²) in [5, 5.41) is 26.0. The molecule has 0 aliphatic carbocycles. The van der Waals surface area contributed by atoms with Crippen molar-refractivity contribution in [2.45, 2.75) is 30.8 Å². The Hall–Kier alpha value is -0.370. The third kappa shape index (κ3) is 1.53. The largest absolute Gasteiger partial charge is 0.417 e. The number of halogens is 3. The van der Waals surface area contributed by atoms with Gasteiger partial charge in [0.2, 0.25) is 0 Å². The number of aliphatic hydroxyl groups is 3. The van der Waals surface area contributed by atoms with Crippen molar-refractivity contribution in [1.82, 2.24) is 0 Å². The summed E-state index contributed by atoms with van der Waals surface area (Å²) in [5.41, 5.74) is 0. The number of ether oxygens (including phenoxy) is 1. The van der Waals surface area contributed by atoms with Gasteiger partial charge in [0.25, 0.3) is 0 Å². The standard InChI is InChI=1S/C5H7F3O4/c6-5(7,8)3-1(9)2(10)4(11)12-3/h1-4,9-11H/t1-,2+,3-,4-/m0/s1. The van der Waals surface area contributed by atoms with Gasteiger partial charge < -0.3 is 20.1 Å². The molecule has 4 nitrogen and oxygen atoms in total. The van der Waals surface area contributed by atoms with Gasteiger partial charge in [0.05, 0.1) is 0 Å². The molecule has 1 heterocycles. The zero-order valence-electron chi connectivity index (χ0n) is 5.69. The second-order valence-electron chi connectivity index (χ2n) is 2.47. The Bertz CT molecular complexity index is 171. The molecule has 4 atom stereocenters. The Labute approximate surface area is 65.2 Å². The molecule has 0 aromatic rings. The third-order valence-corrected chi connectivity index (χ3v) is 1.56. The Morgan fingerprint density at radius 2 is 1.50 bits per heavy atom. The van der Waals surface area contributed by atoms with E-state index in [2.05, 4.69) is 4.74 Å². The molecule has 1 rings (SSSR count). The van der Waals surface area contributed by atoms with Gasteiger partial charge in [0.15, 0.2) is 12.4 Å². The summed E-state index contributed by atoms with van der Waals surface area (Å²) in [4.78, 5) is 0. The normalized spacial score (nSPS) is 43.5. The molecule has 72 valence electrons. The zero-order valence-corrected chi connectivity index (χ0v) is 5.69. The molecule has 12 heavy (non-hydrogen) atoms. The lowest BCUT2D eigenvalue weighted by Crippen LogP contribution is -2.40. The first kappa shape index (κ1) is 9.72. The van der Waals surface area contributed by atoms with Crippen molar-refractivity contribution < 1.29 is 33.2 Å². The number of aliphatic hydroxyl groups excluding tert-OH is 3. The fourth-order valence-corrected chi connectivity index (χ4v) is 0.930. The van der Waals surface area contributed by atoms with Gasteiger partial charge in [0.1, 0.15) is 12.2 Å². The molecule has 1 saturated heterocycles. The van der Waals surface area contributed by atoms with Crippen molar-refractivity contribution in [3.8, 4) is 0 Å². The summed E-state index contributed by atoms with van der Waals surface area (Å²) in [5.74, 6) is 0. The smallest absolute Gasteiger partial charge is 0.387 e. The van der Waals surface area contributed by atoms with Gasteiger partial charge in [0, 0.05) is 0 Å². The van der Waals surface area contributed by atoms with Gasteiger partial charge in [-0.3, -0.25) is 0 Å². The van der Waals surface area contributed by atoms with E-state index in [1.807, 2.05) is 0 Å². The second-order valence-corrected chi connectivity index (χ2v) is 2.47. The molecule has 1 aliphatic heterocycles. The van der Waals surface area contributed by atoms with Gasteiger partial charge in [-0.1, -0.05) is 0 Å². The van der Waals surface area contributed by atoms with Crippen LogP contribution in [0.1, 0.15) is 0 Å². The average Bonchev–Trinajstić information content (AvgIpc) is 2.15. The van der Waals surface area contributed by atoms with E-state index in [0.29, 0.717) is 0 Å². The molecule has 0 bridgehead atoms. The summed E-state index contributed by atoms with van der Waals surface area (Å²) in [6.07, 6.45) is -13.3. The van der Waals surface area contributed by atoms with Crippen LogP contribution < -0.4 is 0 Å². The van der Waals surface area contributed by atoms with E-state index in [0.717, 1.165) is 0 Å². The molecule has 1 fully saturated rings. The lowest BCUT2D eigenvalue weighted by atomic mass is 10.1. The molecule has 0 spiro atoms. The maximum Gasteiger partial charge on any atom is 0.417 e. The van der Waals surface area contributed by atoms with Crippen LogP contribution in [0.2, 0.25) is 0 Å². The first-order valence-electron chi connectivity index (χ1n) is 3.10. The van der Waals surface area contributed by atoms with Crippen molar-refractivity contribution in [3.63, 3.8) is 0 Å². The number of hydrogen-bond donors (Lipinski definition) is 3. The highest BCUT2D eigenvalue weighted by atomic mass is 19.4. The number of rotatable bonds is 0. The van der Waals surface area contributed by atoms with Gasteiger partial charge in [-0.2, -0.15) is 13.2 Å². The summed E-state index contributed by atoms with van der Waals surface area (Å²) < 4.78 is 39.4. The van der Waals surface area contributed by atoms with Crippen LogP contribution in [0, 0.1) is 0 Å². The van der Waals surface area contributed by atoms with Crippen LogP contribution in [0.15, 0.2) is 0 Å². The van der Waals surface area contributed by atoms with Crippen LogP contribution in [0.25, 0.3) is 0 Å². The van der Waals surface area contributed by atoms with Crippen molar-refractivity contribution >= 4 is 0 Å². The molecule has 0 unspecified atom stereocenters. The van der Waals surface area contributed by atoms with Crippen LogP contribution in [0.4, 0.5) is 13.2 Å². The fourth-order valence-electron chi connectivity index (χ4n) is 0.930. The van der Waals surface area contributed by atoms with Gasteiger partial charge in [-0.05, 0) is 0 Å². The van der Waals surface area contributed by atoms with Crippen LogP contribution in [0.5, 0.6) is 0 Å². The molecule has 3 N–H and O–H groups in total. The third-order valence-electron chi connectivity index (χ3n) is 1.56. The van der Waals surface area contributed by atoms with Crippen LogP contribution in [-0.2, 0) is 4.74 Å². The van der Waals surface area contributed by atoms with Crippen LogP contribution >= 0.6 is 0 Å². The Morgan fingerprint density at radius 3 is 1.67 bits per heavy atom. The predicted octanol–water partition coefficient (Wildman–Crippen LogP) is -1.01. The maximum atomic E-state index is 11.9. The molecule has 0 radical (unpaired) electrons. The van der Waals surface area contributed by atoms with Crippen molar-refractivity contribution in [1.29, 1.82) is 0 Å². The predicted molar refractivity (Wildman–Crippen MR) is 28.9 cm³/mol. The van der Waals surface area contributed by atoms with Gasteiger partial charge in [-0.15, -0.1) is 0 Å². The molecule has 0 aromatic carbocycles. The highest BCUT2D eigenvalue weighted by Gasteiger charge is 2.55. The highest BCUT2D eigenvalue weighted by molar-refractivity contribution is 4.89. The number of alkyl halides is 3. The summed E-state index contributed by atoms with van der Waals surface area (Å²) in [6, 6.07) is 0. The van der Waals surface area contributed by atoms with E-state index < -0.39 is 30.8 Å². The average molecular weight is 188 g/mol. The van der Waals surface area contributed by atoms with Crippen LogP contribution in [0.3, 0.4) is 0 Å². The van der Waals surface area contributed by atoms with Crippen molar-refractivity contribution in [2.24, 2.45) is 0 Å². The molecular formula is C5H7F3O4. The summed E-state index contributed by atoms with van der Waals surface area (Å²) >= 11 is 0. The van der Waals surface area contributed by atoms with E-state index in [-0.39, 0.29) is 0 Å². The first-order chi connectivity index (χ1) is 5.34. The topological polar surface area (TPSA) is 69.9 Å². The minimum atomic E-state index is -4.78. The van der Waals surface area contributed by atoms with Crippen molar-refractivity contribution in [2.75, 3.05) is 0 Å². The van der Waals surface area contributed by atoms with E-state index in [1.165, 1.54) is 0 Å². The zero-order chi connectivity index (χ0) is 9.52. The van der Waals surface area contributed by atoms with Crippen LogP contribution in [-0.4, -0.2) is 46.1 Å². The molecule has 1 aliphatic rings. The Kier molecular flexibility index (Phi) is 2.30. The summed E-state index contributed by atoms with van der Waals surface area (Å²) in [6.45, 7) is 0. The second kappa shape index (κ2) is 2.84. The minimum Gasteiger partial charge on any atom is -0.387 e. The molecule has 7 heteroatoms. The Morgan fingerprint density at radius 1 is 1.00 bits per heavy atom. The number of hydrogen-bond acceptors (Lipinski definition) is 4. The SMILES string of the molecule is O[C@@H]1[C@H](O)[C@@H](C(F)(F)F)O[C@@H]1O. The molecule has 0 amide bonds.